The van der Waals surface area contributed by atoms with Gasteiger partial charge in [0.05, 0.1) is 0 Å². The van der Waals surface area contributed by atoms with E-state index < -0.39 is 0 Å². The number of pyridine rings is 1. The zero-order chi connectivity index (χ0) is 9.42. The van der Waals surface area contributed by atoms with E-state index in [-0.39, 0.29) is 24.6 Å². The van der Waals surface area contributed by atoms with Crippen LogP contribution in [0.2, 0.25) is 0 Å². The van der Waals surface area contributed by atoms with Gasteiger partial charge in [-0.05, 0) is 43.2 Å². The molecule has 0 radical (unpaired) electrons. The first-order valence-corrected chi connectivity index (χ1v) is 4.23. The Morgan fingerprint density at radius 2 is 1.71 bits per heavy atom. The Morgan fingerprint density at radius 1 is 1.07 bits per heavy atom. The van der Waals surface area contributed by atoms with Crippen molar-refractivity contribution in [3.05, 3.63) is 35.5 Å². The van der Waals surface area contributed by atoms with E-state index in [1.54, 1.807) is 12.3 Å². The second-order valence-corrected chi connectivity index (χ2v) is 3.37. The van der Waals surface area contributed by atoms with Crippen molar-refractivity contribution >= 4 is 29.8 Å². The van der Waals surface area contributed by atoms with Crippen LogP contribution in [-0.4, -0.2) is 29.0 Å². The van der Waals surface area contributed by atoms with Gasteiger partial charge in [0.2, 0.25) is 0 Å². The number of hydrogen-bond donors (Lipinski definition) is 1. The molecule has 1 aromatic heterocycles. The Labute approximate surface area is 95.2 Å². The Balaban J connectivity index is 0.000000980. The second kappa shape index (κ2) is 4.04. The molecule has 0 bridgehead atoms. The van der Waals surface area contributed by atoms with Crippen LogP contribution in [0.25, 0.3) is 10.9 Å². The molecule has 14 heavy (non-hydrogen) atoms. The van der Waals surface area contributed by atoms with Gasteiger partial charge in [-0.25, -0.2) is 0 Å². The first-order chi connectivity index (χ1) is 6.16. The molecule has 0 unspecified atom stereocenters. The van der Waals surface area contributed by atoms with E-state index in [1.807, 2.05) is 26.0 Å². The molecule has 68 valence electrons. The van der Waals surface area contributed by atoms with Crippen molar-refractivity contribution in [2.24, 2.45) is 0 Å². The maximum atomic E-state index is 9.58. The quantitative estimate of drug-likeness (QED) is 0.630. The summed E-state index contributed by atoms with van der Waals surface area (Å²) in [7, 11) is 0. The average molecular weight is 181 g/mol. The zero-order valence-electron chi connectivity index (χ0n) is 7.70. The minimum atomic E-state index is 0. The summed E-state index contributed by atoms with van der Waals surface area (Å²) in [4.78, 5) is 4.17. The van der Waals surface area contributed by atoms with E-state index in [9.17, 15) is 5.11 Å². The van der Waals surface area contributed by atoms with Gasteiger partial charge in [-0.15, -0.1) is 0 Å². The van der Waals surface area contributed by atoms with Crippen molar-refractivity contribution in [3.63, 3.8) is 0 Å². The number of aromatic nitrogens is 1. The standard InChI is InChI=1S/C11H11NO.Li.H/c1-7-3-9-4-8(2)6-12-11(9)10(13)5-7;;/h3-6,13H,1-2H3;;. The number of phenols is 1. The molecule has 0 saturated carbocycles. The summed E-state index contributed by atoms with van der Waals surface area (Å²) < 4.78 is 0. The molecule has 0 aliphatic carbocycles. The van der Waals surface area contributed by atoms with E-state index in [0.717, 1.165) is 16.5 Å². The average Bonchev–Trinajstić information content (AvgIpc) is 2.02. The third kappa shape index (κ3) is 1.92. The van der Waals surface area contributed by atoms with Gasteiger partial charge in [-0.2, -0.15) is 0 Å². The fourth-order valence-electron chi connectivity index (χ4n) is 1.49. The molecule has 1 heterocycles. The molecule has 0 aliphatic heterocycles. The molecule has 0 fully saturated rings. The van der Waals surface area contributed by atoms with Gasteiger partial charge >= 0.3 is 18.9 Å². The van der Waals surface area contributed by atoms with Crippen molar-refractivity contribution in [1.29, 1.82) is 0 Å². The molecular formula is C11H12LiNO. The van der Waals surface area contributed by atoms with Crippen LogP contribution in [0.3, 0.4) is 0 Å². The predicted octanol–water partition coefficient (Wildman–Crippen LogP) is 1.91. The number of phenolic OH excluding ortho intramolecular Hbond substituents is 1. The summed E-state index contributed by atoms with van der Waals surface area (Å²) in [6.07, 6.45) is 1.76. The van der Waals surface area contributed by atoms with Crippen LogP contribution in [0.15, 0.2) is 24.4 Å². The summed E-state index contributed by atoms with van der Waals surface area (Å²) in [5.74, 6) is 0.259. The maximum absolute atomic E-state index is 9.58. The van der Waals surface area contributed by atoms with Gasteiger partial charge in [-0.1, -0.05) is 0 Å². The number of fused-ring (bicyclic) bond motifs is 1. The van der Waals surface area contributed by atoms with Gasteiger partial charge in [0.1, 0.15) is 11.3 Å². The molecule has 0 saturated heterocycles. The molecule has 0 amide bonds. The first-order valence-electron chi connectivity index (χ1n) is 4.23. The van der Waals surface area contributed by atoms with Crippen LogP contribution < -0.4 is 0 Å². The van der Waals surface area contributed by atoms with Crippen molar-refractivity contribution in [2.45, 2.75) is 13.8 Å². The number of rotatable bonds is 0. The van der Waals surface area contributed by atoms with Gasteiger partial charge in [0.25, 0.3) is 0 Å². The van der Waals surface area contributed by atoms with Crippen LogP contribution >= 0.6 is 0 Å². The Hall–Kier alpha value is -0.973. The van der Waals surface area contributed by atoms with Gasteiger partial charge in [0, 0.05) is 11.6 Å². The van der Waals surface area contributed by atoms with Gasteiger partial charge in [0.15, 0.2) is 0 Å². The van der Waals surface area contributed by atoms with Crippen LogP contribution in [0, 0.1) is 13.8 Å². The number of hydrogen-bond acceptors (Lipinski definition) is 2. The second-order valence-electron chi connectivity index (χ2n) is 3.37. The number of aromatic hydroxyl groups is 1. The molecular weight excluding hydrogens is 169 g/mol. The van der Waals surface area contributed by atoms with E-state index in [2.05, 4.69) is 4.98 Å². The number of nitrogens with zero attached hydrogens (tertiary/aromatic N) is 1. The van der Waals surface area contributed by atoms with E-state index in [4.69, 9.17) is 0 Å². The molecule has 0 atom stereocenters. The molecule has 1 aromatic carbocycles. The van der Waals surface area contributed by atoms with Gasteiger partial charge < -0.3 is 5.11 Å². The van der Waals surface area contributed by atoms with Crippen LogP contribution in [-0.2, 0) is 0 Å². The van der Waals surface area contributed by atoms with Gasteiger partial charge in [-0.3, -0.25) is 4.98 Å². The van der Waals surface area contributed by atoms with Crippen molar-refractivity contribution in [1.82, 2.24) is 4.98 Å². The van der Waals surface area contributed by atoms with Crippen LogP contribution in [0.1, 0.15) is 11.1 Å². The fourth-order valence-corrected chi connectivity index (χ4v) is 1.49. The monoisotopic (exact) mass is 181 g/mol. The first kappa shape index (κ1) is 11.1. The number of aryl methyl sites for hydroxylation is 2. The Kier molecular flexibility index (Phi) is 3.20. The normalized spacial score (nSPS) is 9.86. The fraction of sp³-hybridized carbons (Fsp3) is 0.182. The third-order valence-electron chi connectivity index (χ3n) is 2.04. The summed E-state index contributed by atoms with van der Waals surface area (Å²) >= 11 is 0. The number of benzene rings is 1. The van der Waals surface area contributed by atoms with Crippen molar-refractivity contribution in [3.8, 4) is 5.75 Å². The topological polar surface area (TPSA) is 33.1 Å². The van der Waals surface area contributed by atoms with Crippen LogP contribution in [0.5, 0.6) is 5.75 Å². The van der Waals surface area contributed by atoms with E-state index in [1.165, 1.54) is 0 Å². The van der Waals surface area contributed by atoms with Crippen molar-refractivity contribution in [2.75, 3.05) is 0 Å². The SMILES string of the molecule is Cc1cnc2c(O)cc(C)cc2c1.[LiH]. The molecule has 3 heteroatoms. The predicted molar refractivity (Wildman–Crippen MR) is 60.0 cm³/mol. The van der Waals surface area contributed by atoms with Crippen molar-refractivity contribution < 1.29 is 5.11 Å². The molecule has 2 rings (SSSR count). The molecule has 2 aromatic rings. The third-order valence-corrected chi connectivity index (χ3v) is 2.04. The van der Waals surface area contributed by atoms with E-state index in [0.29, 0.717) is 5.52 Å². The zero-order valence-corrected chi connectivity index (χ0v) is 7.70. The molecule has 2 nitrogen and oxygen atoms in total. The molecule has 0 spiro atoms. The molecule has 0 aliphatic rings. The molecule has 1 N–H and O–H groups in total. The summed E-state index contributed by atoms with van der Waals surface area (Å²) in [6.45, 7) is 3.95. The summed E-state index contributed by atoms with van der Waals surface area (Å²) in [6, 6.07) is 5.77. The Morgan fingerprint density at radius 3 is 2.43 bits per heavy atom. The summed E-state index contributed by atoms with van der Waals surface area (Å²) in [5.41, 5.74) is 2.84. The Bertz CT molecular complexity index is 463. The van der Waals surface area contributed by atoms with Crippen LogP contribution in [0.4, 0.5) is 0 Å². The summed E-state index contributed by atoms with van der Waals surface area (Å²) in [5, 5.41) is 10.6. The minimum absolute atomic E-state index is 0. The van der Waals surface area contributed by atoms with E-state index >= 15 is 0 Å².